The Bertz CT molecular complexity index is 670. The first kappa shape index (κ1) is 17.8. The highest BCUT2D eigenvalue weighted by Gasteiger charge is 2.43. The largest absolute Gasteiger partial charge is 0.444 e. The SMILES string of the molecule is CC(=O)N1CCC2(CCN(C(=O)OC(C)(C)C)CC2)c2ccccc21. The van der Waals surface area contributed by atoms with Gasteiger partial charge in [0.15, 0.2) is 0 Å². The summed E-state index contributed by atoms with van der Waals surface area (Å²) in [5.41, 5.74) is 1.87. The highest BCUT2D eigenvalue weighted by Crippen LogP contribution is 2.46. The minimum Gasteiger partial charge on any atom is -0.444 e. The number of carbonyl (C=O) groups excluding carboxylic acids is 2. The van der Waals surface area contributed by atoms with Gasteiger partial charge < -0.3 is 14.5 Å². The van der Waals surface area contributed by atoms with Crippen molar-refractivity contribution in [2.45, 2.75) is 58.0 Å². The van der Waals surface area contributed by atoms with Crippen LogP contribution in [0.5, 0.6) is 0 Å². The Kier molecular flexibility index (Phi) is 4.52. The molecule has 2 aliphatic heterocycles. The molecule has 2 aliphatic rings. The number of carbonyl (C=O) groups is 2. The van der Waals surface area contributed by atoms with E-state index in [-0.39, 0.29) is 17.4 Å². The van der Waals surface area contributed by atoms with Crippen LogP contribution in [0.2, 0.25) is 0 Å². The van der Waals surface area contributed by atoms with Crippen molar-refractivity contribution in [3.8, 4) is 0 Å². The van der Waals surface area contributed by atoms with Crippen molar-refractivity contribution in [3.05, 3.63) is 29.8 Å². The van der Waals surface area contributed by atoms with E-state index in [1.54, 1.807) is 6.92 Å². The summed E-state index contributed by atoms with van der Waals surface area (Å²) >= 11 is 0. The first-order chi connectivity index (χ1) is 11.7. The van der Waals surface area contributed by atoms with Gasteiger partial charge in [-0.25, -0.2) is 4.79 Å². The maximum atomic E-state index is 12.3. The third-order valence-corrected chi connectivity index (χ3v) is 5.33. The molecule has 0 atom stereocenters. The number of para-hydroxylation sites is 1. The fourth-order valence-electron chi connectivity index (χ4n) is 4.03. The Balaban J connectivity index is 1.78. The molecule has 0 saturated carbocycles. The molecule has 1 spiro atoms. The van der Waals surface area contributed by atoms with E-state index in [0.717, 1.165) is 31.5 Å². The van der Waals surface area contributed by atoms with Gasteiger partial charge in [-0.1, -0.05) is 18.2 Å². The van der Waals surface area contributed by atoms with Crippen LogP contribution >= 0.6 is 0 Å². The number of hydrogen-bond donors (Lipinski definition) is 0. The number of benzene rings is 1. The minimum atomic E-state index is -0.467. The third kappa shape index (κ3) is 3.51. The van der Waals surface area contributed by atoms with Crippen LogP contribution in [0.3, 0.4) is 0 Å². The third-order valence-electron chi connectivity index (χ3n) is 5.33. The zero-order chi connectivity index (χ0) is 18.2. The molecule has 2 amide bonds. The molecular weight excluding hydrogens is 316 g/mol. The van der Waals surface area contributed by atoms with Gasteiger partial charge in [-0.2, -0.15) is 0 Å². The minimum absolute atomic E-state index is 0.0566. The highest BCUT2D eigenvalue weighted by atomic mass is 16.6. The van der Waals surface area contributed by atoms with Crippen LogP contribution in [0.25, 0.3) is 0 Å². The lowest BCUT2D eigenvalue weighted by atomic mass is 9.68. The number of rotatable bonds is 0. The second-order valence-corrected chi connectivity index (χ2v) is 8.19. The Morgan fingerprint density at radius 3 is 2.24 bits per heavy atom. The molecule has 0 aromatic heterocycles. The number of amides is 2. The van der Waals surface area contributed by atoms with Crippen LogP contribution in [0.15, 0.2) is 24.3 Å². The van der Waals surface area contributed by atoms with Crippen LogP contribution < -0.4 is 4.90 Å². The molecular formula is C20H28N2O3. The van der Waals surface area contributed by atoms with E-state index < -0.39 is 5.60 Å². The average Bonchev–Trinajstić information content (AvgIpc) is 2.54. The lowest BCUT2D eigenvalue weighted by molar-refractivity contribution is -0.116. The standard InChI is InChI=1S/C20H28N2O3/c1-15(23)22-14-11-20(16-7-5-6-8-17(16)22)9-12-21(13-10-20)18(24)25-19(2,3)4/h5-8H,9-14H2,1-4H3. The molecule has 5 heteroatoms. The maximum absolute atomic E-state index is 12.3. The number of ether oxygens (including phenoxy) is 1. The van der Waals surface area contributed by atoms with Crippen molar-refractivity contribution in [1.29, 1.82) is 0 Å². The quantitative estimate of drug-likeness (QED) is 0.721. The topological polar surface area (TPSA) is 49.9 Å². The molecule has 1 aromatic rings. The zero-order valence-electron chi connectivity index (χ0n) is 15.7. The van der Waals surface area contributed by atoms with Crippen LogP contribution in [-0.2, 0) is 14.9 Å². The van der Waals surface area contributed by atoms with E-state index in [1.165, 1.54) is 5.56 Å². The number of piperidine rings is 1. The highest BCUT2D eigenvalue weighted by molar-refractivity contribution is 5.93. The van der Waals surface area contributed by atoms with Gasteiger partial charge in [0.1, 0.15) is 5.60 Å². The lowest BCUT2D eigenvalue weighted by Crippen LogP contribution is -2.50. The summed E-state index contributed by atoms with van der Waals surface area (Å²) in [5.74, 6) is 0.0912. The molecule has 5 nitrogen and oxygen atoms in total. The Morgan fingerprint density at radius 1 is 1.04 bits per heavy atom. The van der Waals surface area contributed by atoms with E-state index in [2.05, 4.69) is 6.07 Å². The van der Waals surface area contributed by atoms with E-state index in [9.17, 15) is 9.59 Å². The molecule has 0 unspecified atom stereocenters. The number of nitrogens with zero attached hydrogens (tertiary/aromatic N) is 2. The van der Waals surface area contributed by atoms with Crippen molar-refractivity contribution in [2.24, 2.45) is 0 Å². The van der Waals surface area contributed by atoms with E-state index in [0.29, 0.717) is 13.1 Å². The van der Waals surface area contributed by atoms with Gasteiger partial charge in [0, 0.05) is 37.7 Å². The molecule has 25 heavy (non-hydrogen) atoms. The summed E-state index contributed by atoms with van der Waals surface area (Å²) < 4.78 is 5.51. The Labute approximate surface area is 149 Å². The summed E-state index contributed by atoms with van der Waals surface area (Å²) in [6, 6.07) is 8.22. The average molecular weight is 344 g/mol. The monoisotopic (exact) mass is 344 g/mol. The van der Waals surface area contributed by atoms with E-state index in [1.807, 2.05) is 48.8 Å². The van der Waals surface area contributed by atoms with Gasteiger partial charge in [-0.05, 0) is 51.7 Å². The number of anilines is 1. The Morgan fingerprint density at radius 2 is 1.64 bits per heavy atom. The van der Waals surface area contributed by atoms with Crippen molar-refractivity contribution < 1.29 is 14.3 Å². The van der Waals surface area contributed by atoms with Gasteiger partial charge in [0.2, 0.25) is 5.91 Å². The smallest absolute Gasteiger partial charge is 0.410 e. The second kappa shape index (κ2) is 6.36. The number of fused-ring (bicyclic) bond motifs is 2. The number of likely N-dealkylation sites (tertiary alicyclic amines) is 1. The molecule has 0 bridgehead atoms. The molecule has 2 heterocycles. The zero-order valence-corrected chi connectivity index (χ0v) is 15.7. The number of hydrogen-bond acceptors (Lipinski definition) is 3. The van der Waals surface area contributed by atoms with Crippen molar-refractivity contribution in [3.63, 3.8) is 0 Å². The summed E-state index contributed by atoms with van der Waals surface area (Å²) in [4.78, 5) is 28.0. The van der Waals surface area contributed by atoms with Crippen LogP contribution in [0, 0.1) is 0 Å². The van der Waals surface area contributed by atoms with Crippen LogP contribution in [0.4, 0.5) is 10.5 Å². The molecule has 1 fully saturated rings. The maximum Gasteiger partial charge on any atom is 0.410 e. The normalized spacial score (nSPS) is 19.5. The van der Waals surface area contributed by atoms with Gasteiger partial charge in [0.05, 0.1) is 0 Å². The predicted octanol–water partition coefficient (Wildman–Crippen LogP) is 3.71. The predicted molar refractivity (Wildman–Crippen MR) is 97.8 cm³/mol. The molecule has 3 rings (SSSR count). The van der Waals surface area contributed by atoms with Gasteiger partial charge in [0.25, 0.3) is 0 Å². The Hall–Kier alpha value is -2.04. The van der Waals surface area contributed by atoms with E-state index >= 15 is 0 Å². The summed E-state index contributed by atoms with van der Waals surface area (Å²) in [6.07, 6.45) is 2.55. The van der Waals surface area contributed by atoms with Gasteiger partial charge in [-0.3, -0.25) is 4.79 Å². The van der Waals surface area contributed by atoms with Crippen molar-refractivity contribution in [2.75, 3.05) is 24.5 Å². The summed E-state index contributed by atoms with van der Waals surface area (Å²) in [5, 5.41) is 0. The molecule has 136 valence electrons. The fraction of sp³-hybridized carbons (Fsp3) is 0.600. The second-order valence-electron chi connectivity index (χ2n) is 8.19. The molecule has 1 aromatic carbocycles. The molecule has 1 saturated heterocycles. The van der Waals surface area contributed by atoms with Crippen molar-refractivity contribution >= 4 is 17.7 Å². The van der Waals surface area contributed by atoms with Crippen LogP contribution in [-0.4, -0.2) is 42.1 Å². The molecule has 0 N–H and O–H groups in total. The molecule has 0 radical (unpaired) electrons. The van der Waals surface area contributed by atoms with E-state index in [4.69, 9.17) is 4.74 Å². The van der Waals surface area contributed by atoms with Crippen LogP contribution in [0.1, 0.15) is 52.5 Å². The van der Waals surface area contributed by atoms with Crippen molar-refractivity contribution in [1.82, 2.24) is 4.90 Å². The first-order valence-corrected chi connectivity index (χ1v) is 9.07. The summed E-state index contributed by atoms with van der Waals surface area (Å²) in [6.45, 7) is 9.45. The van der Waals surface area contributed by atoms with Gasteiger partial charge >= 0.3 is 6.09 Å². The fourth-order valence-corrected chi connectivity index (χ4v) is 4.03. The first-order valence-electron chi connectivity index (χ1n) is 9.07. The summed E-state index contributed by atoms with van der Waals surface area (Å²) in [7, 11) is 0. The van der Waals surface area contributed by atoms with Gasteiger partial charge in [-0.15, -0.1) is 0 Å². The molecule has 0 aliphatic carbocycles. The lowest BCUT2D eigenvalue weighted by Gasteiger charge is -2.47.